The zero-order valence-corrected chi connectivity index (χ0v) is 15.4. The van der Waals surface area contributed by atoms with Crippen molar-refractivity contribution in [3.05, 3.63) is 89.3 Å². The lowest BCUT2D eigenvalue weighted by molar-refractivity contribution is -0.137. The van der Waals surface area contributed by atoms with Crippen LogP contribution in [0.1, 0.15) is 16.8 Å². The molecule has 1 amide bonds. The van der Waals surface area contributed by atoms with Crippen molar-refractivity contribution in [3.63, 3.8) is 0 Å². The number of aryl methyl sites for hydroxylation is 1. The Labute approximate surface area is 165 Å². The molecule has 3 aromatic rings. The summed E-state index contributed by atoms with van der Waals surface area (Å²) in [6, 6.07) is 17.2. The normalized spacial score (nSPS) is 11.8. The minimum Gasteiger partial charge on any atom is -0.321 e. The number of rotatable bonds is 4. The summed E-state index contributed by atoms with van der Waals surface area (Å²) in [5.74, 6) is -0.788. The SMILES string of the molecule is Cc1ccc(-n2cccc2/C=C(/C#N)C(=O)Nc2cccc(C(F)(F)F)c2)cc1. The highest BCUT2D eigenvalue weighted by Gasteiger charge is 2.30. The standard InChI is InChI=1S/C22H16F3N3O/c1-15-7-9-19(10-8-15)28-11-3-6-20(28)12-16(14-26)21(29)27-18-5-2-4-17(13-18)22(23,24)25/h2-13H,1H3,(H,27,29)/b16-12-. The van der Waals surface area contributed by atoms with Crippen LogP contribution in [0.2, 0.25) is 0 Å². The zero-order valence-electron chi connectivity index (χ0n) is 15.4. The minimum absolute atomic E-state index is 0.0418. The Hall–Kier alpha value is -3.79. The highest BCUT2D eigenvalue weighted by atomic mass is 19.4. The number of alkyl halides is 3. The van der Waals surface area contributed by atoms with Gasteiger partial charge in [0.1, 0.15) is 11.6 Å². The van der Waals surface area contributed by atoms with Crippen LogP contribution in [0.4, 0.5) is 18.9 Å². The van der Waals surface area contributed by atoms with E-state index in [-0.39, 0.29) is 11.3 Å². The van der Waals surface area contributed by atoms with Crippen molar-refractivity contribution in [2.45, 2.75) is 13.1 Å². The molecular weight excluding hydrogens is 379 g/mol. The molecule has 0 aliphatic heterocycles. The van der Waals surface area contributed by atoms with Crippen molar-refractivity contribution in [1.82, 2.24) is 4.57 Å². The fourth-order valence-electron chi connectivity index (χ4n) is 2.72. The number of benzene rings is 2. The molecule has 0 aliphatic rings. The Balaban J connectivity index is 1.86. The fourth-order valence-corrected chi connectivity index (χ4v) is 2.72. The largest absolute Gasteiger partial charge is 0.416 e. The van der Waals surface area contributed by atoms with Crippen molar-refractivity contribution in [2.24, 2.45) is 0 Å². The molecule has 1 heterocycles. The molecular formula is C22H16F3N3O. The molecule has 0 fully saturated rings. The molecule has 29 heavy (non-hydrogen) atoms. The summed E-state index contributed by atoms with van der Waals surface area (Å²) < 4.78 is 40.3. The van der Waals surface area contributed by atoms with Crippen LogP contribution in [0.25, 0.3) is 11.8 Å². The second-order valence-corrected chi connectivity index (χ2v) is 6.34. The summed E-state index contributed by atoms with van der Waals surface area (Å²) in [4.78, 5) is 12.4. The van der Waals surface area contributed by atoms with Gasteiger partial charge in [0.25, 0.3) is 5.91 Å². The van der Waals surface area contributed by atoms with E-state index >= 15 is 0 Å². The topological polar surface area (TPSA) is 57.8 Å². The Bertz CT molecular complexity index is 1100. The first-order chi connectivity index (χ1) is 13.8. The Kier molecular flexibility index (Phi) is 5.55. The van der Waals surface area contributed by atoms with Gasteiger partial charge in [0.2, 0.25) is 0 Å². The second kappa shape index (κ2) is 8.07. The number of nitriles is 1. The average molecular weight is 395 g/mol. The predicted octanol–water partition coefficient (Wildman–Crippen LogP) is 5.35. The van der Waals surface area contributed by atoms with Gasteiger partial charge in [-0.3, -0.25) is 4.79 Å². The van der Waals surface area contributed by atoms with E-state index < -0.39 is 17.6 Å². The van der Waals surface area contributed by atoms with Crippen molar-refractivity contribution < 1.29 is 18.0 Å². The number of nitrogens with one attached hydrogen (secondary N) is 1. The third-order valence-corrected chi connectivity index (χ3v) is 4.20. The molecule has 146 valence electrons. The van der Waals surface area contributed by atoms with E-state index in [0.29, 0.717) is 5.69 Å². The summed E-state index contributed by atoms with van der Waals surface area (Å²) in [6.45, 7) is 1.96. The molecule has 0 radical (unpaired) electrons. The monoisotopic (exact) mass is 395 g/mol. The Morgan fingerprint density at radius 1 is 1.10 bits per heavy atom. The van der Waals surface area contributed by atoms with Crippen LogP contribution < -0.4 is 5.32 Å². The third-order valence-electron chi connectivity index (χ3n) is 4.20. The summed E-state index contributed by atoms with van der Waals surface area (Å²) in [5, 5.41) is 11.7. The number of hydrogen-bond donors (Lipinski definition) is 1. The van der Waals surface area contributed by atoms with Crippen LogP contribution in [-0.4, -0.2) is 10.5 Å². The highest BCUT2D eigenvalue weighted by molar-refractivity contribution is 6.09. The third kappa shape index (κ3) is 4.74. The van der Waals surface area contributed by atoms with E-state index in [1.165, 1.54) is 18.2 Å². The quantitative estimate of drug-likeness (QED) is 0.478. The maximum atomic E-state index is 12.8. The lowest BCUT2D eigenvalue weighted by Gasteiger charge is -2.10. The van der Waals surface area contributed by atoms with Gasteiger partial charge in [0, 0.05) is 23.3 Å². The lowest BCUT2D eigenvalue weighted by atomic mass is 10.1. The van der Waals surface area contributed by atoms with Crippen LogP contribution in [0, 0.1) is 18.3 Å². The van der Waals surface area contributed by atoms with Gasteiger partial charge in [0.15, 0.2) is 0 Å². The van der Waals surface area contributed by atoms with Gasteiger partial charge < -0.3 is 9.88 Å². The molecule has 3 rings (SSSR count). The molecule has 2 aromatic carbocycles. The molecule has 0 saturated heterocycles. The van der Waals surface area contributed by atoms with Gasteiger partial charge in [0.05, 0.1) is 5.56 Å². The first kappa shape index (κ1) is 20.0. The molecule has 0 saturated carbocycles. The molecule has 1 N–H and O–H groups in total. The molecule has 0 atom stereocenters. The summed E-state index contributed by atoms with van der Waals surface area (Å²) in [5.41, 5.74) is 1.38. The second-order valence-electron chi connectivity index (χ2n) is 6.34. The zero-order chi connectivity index (χ0) is 21.0. The molecule has 4 nitrogen and oxygen atoms in total. The number of aromatic nitrogens is 1. The number of anilines is 1. The van der Waals surface area contributed by atoms with Crippen molar-refractivity contribution in [2.75, 3.05) is 5.32 Å². The minimum atomic E-state index is -4.52. The number of carbonyl (C=O) groups is 1. The van der Waals surface area contributed by atoms with Gasteiger partial charge >= 0.3 is 6.18 Å². The van der Waals surface area contributed by atoms with Gasteiger partial charge in [-0.15, -0.1) is 0 Å². The van der Waals surface area contributed by atoms with E-state index in [9.17, 15) is 23.2 Å². The van der Waals surface area contributed by atoms with Crippen LogP contribution in [0.3, 0.4) is 0 Å². The van der Waals surface area contributed by atoms with E-state index in [4.69, 9.17) is 0 Å². The van der Waals surface area contributed by atoms with Gasteiger partial charge in [-0.05, 0) is 55.5 Å². The number of amides is 1. The summed E-state index contributed by atoms with van der Waals surface area (Å²) in [7, 11) is 0. The first-order valence-electron chi connectivity index (χ1n) is 8.63. The smallest absolute Gasteiger partial charge is 0.321 e. The molecule has 0 bridgehead atoms. The van der Waals surface area contributed by atoms with Gasteiger partial charge in [-0.25, -0.2) is 0 Å². The summed E-state index contributed by atoms with van der Waals surface area (Å²) in [6.07, 6.45) is -1.34. The van der Waals surface area contributed by atoms with Crippen LogP contribution >= 0.6 is 0 Å². The maximum absolute atomic E-state index is 12.8. The fraction of sp³-hybridized carbons (Fsp3) is 0.0909. The van der Waals surface area contributed by atoms with Crippen molar-refractivity contribution >= 4 is 17.7 Å². The first-order valence-corrected chi connectivity index (χ1v) is 8.63. The highest BCUT2D eigenvalue weighted by Crippen LogP contribution is 2.30. The number of halogens is 3. The molecule has 7 heteroatoms. The molecule has 0 spiro atoms. The molecule has 0 unspecified atom stereocenters. The number of nitrogens with zero attached hydrogens (tertiary/aromatic N) is 2. The van der Waals surface area contributed by atoms with E-state index in [2.05, 4.69) is 5.32 Å². The predicted molar refractivity (Wildman–Crippen MR) is 104 cm³/mol. The van der Waals surface area contributed by atoms with E-state index in [1.807, 2.05) is 31.2 Å². The Morgan fingerprint density at radius 2 is 1.83 bits per heavy atom. The number of hydrogen-bond acceptors (Lipinski definition) is 2. The van der Waals surface area contributed by atoms with Gasteiger partial charge in [-0.2, -0.15) is 18.4 Å². The van der Waals surface area contributed by atoms with Crippen molar-refractivity contribution in [3.8, 4) is 11.8 Å². The average Bonchev–Trinajstić information content (AvgIpc) is 3.14. The van der Waals surface area contributed by atoms with Crippen LogP contribution in [-0.2, 0) is 11.0 Å². The summed E-state index contributed by atoms with van der Waals surface area (Å²) >= 11 is 0. The number of carbonyl (C=O) groups excluding carboxylic acids is 1. The van der Waals surface area contributed by atoms with E-state index in [1.54, 1.807) is 29.0 Å². The maximum Gasteiger partial charge on any atom is 0.416 e. The van der Waals surface area contributed by atoms with Crippen LogP contribution in [0.5, 0.6) is 0 Å². The lowest BCUT2D eigenvalue weighted by Crippen LogP contribution is -2.14. The van der Waals surface area contributed by atoms with E-state index in [0.717, 1.165) is 23.4 Å². The van der Waals surface area contributed by atoms with Gasteiger partial charge in [-0.1, -0.05) is 23.8 Å². The van der Waals surface area contributed by atoms with Crippen LogP contribution in [0.15, 0.2) is 72.4 Å². The molecule has 0 aliphatic carbocycles. The Morgan fingerprint density at radius 3 is 2.48 bits per heavy atom. The van der Waals surface area contributed by atoms with Crippen molar-refractivity contribution in [1.29, 1.82) is 5.26 Å². The molecule has 1 aromatic heterocycles.